The third-order valence-corrected chi connectivity index (χ3v) is 3.88. The lowest BCUT2D eigenvalue weighted by Crippen LogP contribution is -2.29. The molecule has 2 N–H and O–H groups in total. The van der Waals surface area contributed by atoms with Gasteiger partial charge >= 0.3 is 0 Å². The van der Waals surface area contributed by atoms with Gasteiger partial charge < -0.3 is 0 Å². The highest BCUT2D eigenvalue weighted by molar-refractivity contribution is 7.22. The van der Waals surface area contributed by atoms with Crippen molar-refractivity contribution in [2.24, 2.45) is 0 Å². The third-order valence-electron chi connectivity index (χ3n) is 2.95. The predicted molar refractivity (Wildman–Crippen MR) is 81.8 cm³/mol. The highest BCUT2D eigenvalue weighted by atomic mass is 32.1. The van der Waals surface area contributed by atoms with Crippen LogP contribution < -0.4 is 10.9 Å². The van der Waals surface area contributed by atoms with Crippen molar-refractivity contribution in [3.63, 3.8) is 0 Å². The number of rotatable bonds is 3. The van der Waals surface area contributed by atoms with Crippen molar-refractivity contribution < 1.29 is 9.18 Å². The van der Waals surface area contributed by atoms with Gasteiger partial charge in [0.25, 0.3) is 5.91 Å². The molecule has 0 aliphatic carbocycles. The molecule has 106 valence electrons. The average molecular weight is 301 g/mol. The van der Waals surface area contributed by atoms with E-state index in [2.05, 4.69) is 15.8 Å². The van der Waals surface area contributed by atoms with E-state index < -0.39 is 11.7 Å². The highest BCUT2D eigenvalue weighted by Crippen LogP contribution is 2.26. The van der Waals surface area contributed by atoms with Crippen LogP contribution in [0.25, 0.3) is 10.2 Å². The highest BCUT2D eigenvalue weighted by Gasteiger charge is 2.11. The molecule has 0 saturated heterocycles. The van der Waals surface area contributed by atoms with Crippen molar-refractivity contribution in [1.29, 1.82) is 0 Å². The van der Waals surface area contributed by atoms with Crippen LogP contribution in [0.5, 0.6) is 0 Å². The van der Waals surface area contributed by atoms with Gasteiger partial charge in [0.1, 0.15) is 5.82 Å². The van der Waals surface area contributed by atoms with Crippen LogP contribution in [0.15, 0.2) is 42.5 Å². The molecular formula is C15H12FN3OS. The van der Waals surface area contributed by atoms with E-state index in [1.165, 1.54) is 29.5 Å². The first kappa shape index (κ1) is 13.5. The largest absolute Gasteiger partial charge is 0.273 e. The Morgan fingerprint density at radius 3 is 2.86 bits per heavy atom. The van der Waals surface area contributed by atoms with Crippen molar-refractivity contribution in [1.82, 2.24) is 10.4 Å². The quantitative estimate of drug-likeness (QED) is 0.728. The molecule has 3 rings (SSSR count). The Labute approximate surface area is 124 Å². The number of fused-ring (bicyclic) bond motifs is 1. The van der Waals surface area contributed by atoms with Crippen LogP contribution in [0.3, 0.4) is 0 Å². The molecule has 0 spiro atoms. The number of halogens is 1. The van der Waals surface area contributed by atoms with Crippen LogP contribution in [0.2, 0.25) is 0 Å². The van der Waals surface area contributed by atoms with E-state index in [4.69, 9.17) is 0 Å². The minimum atomic E-state index is -0.559. The Hall–Kier alpha value is -2.47. The zero-order chi connectivity index (χ0) is 14.8. The molecule has 21 heavy (non-hydrogen) atoms. The standard InChI is InChI=1S/C15H12FN3OS/c1-9-6-7-12-13(8-9)21-15(17-12)19-18-14(20)10-4-2-3-5-11(10)16/h2-8H,1H3,(H,17,19)(H,18,20). The zero-order valence-electron chi connectivity index (χ0n) is 11.2. The number of hydrogen-bond acceptors (Lipinski definition) is 4. The van der Waals surface area contributed by atoms with Gasteiger partial charge in [-0.3, -0.25) is 15.6 Å². The smallest absolute Gasteiger partial charge is 0.272 e. The molecular weight excluding hydrogens is 289 g/mol. The minimum absolute atomic E-state index is 0.0121. The number of carbonyl (C=O) groups excluding carboxylic acids is 1. The normalized spacial score (nSPS) is 10.6. The number of carbonyl (C=O) groups is 1. The second-order valence-electron chi connectivity index (χ2n) is 4.55. The summed E-state index contributed by atoms with van der Waals surface area (Å²) in [6.45, 7) is 2.01. The Morgan fingerprint density at radius 1 is 1.24 bits per heavy atom. The fourth-order valence-corrected chi connectivity index (χ4v) is 2.83. The summed E-state index contributed by atoms with van der Waals surface area (Å²) in [6.07, 6.45) is 0. The molecule has 3 aromatic rings. The Kier molecular flexibility index (Phi) is 3.53. The molecule has 0 unspecified atom stereocenters. The molecule has 0 bridgehead atoms. The topological polar surface area (TPSA) is 54.0 Å². The average Bonchev–Trinajstić information content (AvgIpc) is 2.87. The summed E-state index contributed by atoms with van der Waals surface area (Å²) in [5.74, 6) is -1.10. The first-order valence-corrected chi connectivity index (χ1v) is 7.13. The van der Waals surface area contributed by atoms with Crippen molar-refractivity contribution >= 4 is 32.6 Å². The lowest BCUT2D eigenvalue weighted by Gasteiger charge is -2.05. The number of nitrogens with one attached hydrogen (secondary N) is 2. The van der Waals surface area contributed by atoms with Gasteiger partial charge in [0.05, 0.1) is 15.8 Å². The maximum atomic E-state index is 13.5. The third kappa shape index (κ3) is 2.85. The van der Waals surface area contributed by atoms with Gasteiger partial charge in [0, 0.05) is 0 Å². The van der Waals surface area contributed by atoms with Gasteiger partial charge in [-0.2, -0.15) is 0 Å². The molecule has 0 fully saturated rings. The van der Waals surface area contributed by atoms with Gasteiger partial charge in [-0.25, -0.2) is 9.37 Å². The van der Waals surface area contributed by atoms with Gasteiger partial charge in [-0.05, 0) is 36.8 Å². The summed E-state index contributed by atoms with van der Waals surface area (Å²) in [6, 6.07) is 11.7. The molecule has 0 aliphatic heterocycles. The number of benzene rings is 2. The number of nitrogens with zero attached hydrogens (tertiary/aromatic N) is 1. The van der Waals surface area contributed by atoms with Crippen LogP contribution in [-0.4, -0.2) is 10.9 Å². The van der Waals surface area contributed by atoms with E-state index in [0.717, 1.165) is 15.8 Å². The molecule has 1 heterocycles. The van der Waals surface area contributed by atoms with Crippen LogP contribution in [0.1, 0.15) is 15.9 Å². The molecule has 2 aromatic carbocycles. The maximum Gasteiger partial charge on any atom is 0.272 e. The number of thiazole rings is 1. The SMILES string of the molecule is Cc1ccc2nc(NNC(=O)c3ccccc3F)sc2c1. The van der Waals surface area contributed by atoms with Gasteiger partial charge in [0.15, 0.2) is 0 Å². The summed E-state index contributed by atoms with van der Waals surface area (Å²) < 4.78 is 14.5. The maximum absolute atomic E-state index is 13.5. The van der Waals surface area contributed by atoms with E-state index in [1.807, 2.05) is 25.1 Å². The van der Waals surface area contributed by atoms with Crippen LogP contribution in [0, 0.1) is 12.7 Å². The fraction of sp³-hybridized carbons (Fsp3) is 0.0667. The number of aromatic nitrogens is 1. The zero-order valence-corrected chi connectivity index (χ0v) is 12.0. The number of anilines is 1. The number of aryl methyl sites for hydroxylation is 1. The lowest BCUT2D eigenvalue weighted by atomic mass is 10.2. The van der Waals surface area contributed by atoms with Gasteiger partial charge in [-0.1, -0.05) is 29.5 Å². The summed E-state index contributed by atoms with van der Waals surface area (Å²) in [4.78, 5) is 16.2. The first-order valence-electron chi connectivity index (χ1n) is 6.31. The monoisotopic (exact) mass is 301 g/mol. The Morgan fingerprint density at radius 2 is 2.05 bits per heavy atom. The lowest BCUT2D eigenvalue weighted by molar-refractivity contribution is 0.0958. The fourth-order valence-electron chi connectivity index (χ4n) is 1.91. The molecule has 1 aromatic heterocycles. The minimum Gasteiger partial charge on any atom is -0.273 e. The summed E-state index contributed by atoms with van der Waals surface area (Å²) in [5.41, 5.74) is 7.16. The van der Waals surface area contributed by atoms with E-state index in [0.29, 0.717) is 5.13 Å². The van der Waals surface area contributed by atoms with E-state index >= 15 is 0 Å². The summed E-state index contributed by atoms with van der Waals surface area (Å²) in [7, 11) is 0. The number of hydrazine groups is 1. The number of amides is 1. The van der Waals surface area contributed by atoms with E-state index in [1.54, 1.807) is 6.07 Å². The summed E-state index contributed by atoms with van der Waals surface area (Å²) in [5, 5.41) is 0.556. The molecule has 0 saturated carbocycles. The molecule has 0 radical (unpaired) electrons. The summed E-state index contributed by atoms with van der Waals surface area (Å²) >= 11 is 1.42. The van der Waals surface area contributed by atoms with Gasteiger partial charge in [0.2, 0.25) is 5.13 Å². The number of hydrogen-bond donors (Lipinski definition) is 2. The molecule has 1 amide bonds. The van der Waals surface area contributed by atoms with E-state index in [9.17, 15) is 9.18 Å². The molecule has 6 heteroatoms. The van der Waals surface area contributed by atoms with Crippen molar-refractivity contribution in [3.8, 4) is 0 Å². The second kappa shape index (κ2) is 5.49. The molecule has 4 nitrogen and oxygen atoms in total. The molecule has 0 atom stereocenters. The molecule has 0 aliphatic rings. The van der Waals surface area contributed by atoms with Crippen LogP contribution >= 0.6 is 11.3 Å². The van der Waals surface area contributed by atoms with Crippen molar-refractivity contribution in [3.05, 3.63) is 59.4 Å². The van der Waals surface area contributed by atoms with E-state index in [-0.39, 0.29) is 5.56 Å². The van der Waals surface area contributed by atoms with Crippen LogP contribution in [0.4, 0.5) is 9.52 Å². The Balaban J connectivity index is 1.74. The van der Waals surface area contributed by atoms with Crippen molar-refractivity contribution in [2.45, 2.75) is 6.92 Å². The van der Waals surface area contributed by atoms with Crippen molar-refractivity contribution in [2.75, 3.05) is 5.43 Å². The van der Waals surface area contributed by atoms with Gasteiger partial charge in [-0.15, -0.1) is 0 Å². The Bertz CT molecular complexity index is 816. The predicted octanol–water partition coefficient (Wildman–Crippen LogP) is 3.50. The first-order chi connectivity index (χ1) is 10.1. The van der Waals surface area contributed by atoms with Crippen LogP contribution in [-0.2, 0) is 0 Å². The second-order valence-corrected chi connectivity index (χ2v) is 5.58.